The lowest BCUT2D eigenvalue weighted by Crippen LogP contribution is -2.29. The Kier molecular flexibility index (Phi) is 5.57. The molecule has 0 spiro atoms. The van der Waals surface area contributed by atoms with Crippen LogP contribution in [0.1, 0.15) is 32.3 Å². The number of rotatable bonds is 6. The molecule has 1 unspecified atom stereocenters. The maximum absolute atomic E-state index is 13.6. The van der Waals surface area contributed by atoms with Crippen molar-refractivity contribution in [3.8, 4) is 0 Å². The monoisotopic (exact) mass is 273 g/mol. The molecule has 0 bridgehead atoms. The Morgan fingerprint density at radius 1 is 1.44 bits per heavy atom. The van der Waals surface area contributed by atoms with Crippen molar-refractivity contribution in [2.24, 2.45) is 5.73 Å². The van der Waals surface area contributed by atoms with E-state index >= 15 is 0 Å². The second-order valence-corrected chi connectivity index (χ2v) is 5.57. The van der Waals surface area contributed by atoms with E-state index in [9.17, 15) is 4.39 Å². The van der Waals surface area contributed by atoms with Crippen LogP contribution in [0.15, 0.2) is 18.2 Å². The number of hydrogen-bond acceptors (Lipinski definition) is 2. The van der Waals surface area contributed by atoms with Crippen molar-refractivity contribution in [1.29, 1.82) is 0 Å². The van der Waals surface area contributed by atoms with Crippen LogP contribution in [0.3, 0.4) is 0 Å². The summed E-state index contributed by atoms with van der Waals surface area (Å²) in [5.41, 5.74) is 6.33. The van der Waals surface area contributed by atoms with Crippen LogP contribution in [0.25, 0.3) is 0 Å². The molecule has 0 heterocycles. The SMILES string of the molecule is COC(C)(C)CCC(N)Cc1c(F)cccc1Cl. The molecule has 1 aromatic rings. The summed E-state index contributed by atoms with van der Waals surface area (Å²) in [5, 5.41) is 0.441. The third-order valence-corrected chi connectivity index (χ3v) is 3.55. The molecule has 0 aliphatic carbocycles. The topological polar surface area (TPSA) is 35.2 Å². The Bertz CT molecular complexity index is 375. The quantitative estimate of drug-likeness (QED) is 0.860. The summed E-state index contributed by atoms with van der Waals surface area (Å²) in [7, 11) is 1.68. The second kappa shape index (κ2) is 6.50. The zero-order chi connectivity index (χ0) is 13.8. The van der Waals surface area contributed by atoms with Crippen LogP contribution in [0, 0.1) is 5.82 Å². The predicted octanol–water partition coefficient (Wildman–Crippen LogP) is 3.55. The summed E-state index contributed by atoms with van der Waals surface area (Å²) in [6.07, 6.45) is 2.05. The summed E-state index contributed by atoms with van der Waals surface area (Å²) in [4.78, 5) is 0. The van der Waals surface area contributed by atoms with E-state index in [-0.39, 0.29) is 17.5 Å². The molecule has 4 heteroatoms. The minimum atomic E-state index is -0.288. The molecular weight excluding hydrogens is 253 g/mol. The van der Waals surface area contributed by atoms with Crippen molar-refractivity contribution in [3.05, 3.63) is 34.6 Å². The molecule has 0 aromatic heterocycles. The van der Waals surface area contributed by atoms with Gasteiger partial charge in [-0.15, -0.1) is 0 Å². The zero-order valence-corrected chi connectivity index (χ0v) is 11.9. The molecule has 18 heavy (non-hydrogen) atoms. The highest BCUT2D eigenvalue weighted by Gasteiger charge is 2.19. The van der Waals surface area contributed by atoms with Gasteiger partial charge in [0.15, 0.2) is 0 Å². The molecule has 0 fully saturated rings. The third kappa shape index (κ3) is 4.56. The zero-order valence-electron chi connectivity index (χ0n) is 11.2. The van der Waals surface area contributed by atoms with E-state index < -0.39 is 0 Å². The van der Waals surface area contributed by atoms with Crippen LogP contribution in [0.2, 0.25) is 5.02 Å². The van der Waals surface area contributed by atoms with Crippen molar-refractivity contribution in [2.45, 2.75) is 44.8 Å². The molecule has 1 aromatic carbocycles. The first-order chi connectivity index (χ1) is 8.35. The Morgan fingerprint density at radius 3 is 2.67 bits per heavy atom. The van der Waals surface area contributed by atoms with E-state index in [0.717, 1.165) is 12.8 Å². The van der Waals surface area contributed by atoms with E-state index in [0.29, 0.717) is 17.0 Å². The van der Waals surface area contributed by atoms with Crippen LogP contribution >= 0.6 is 11.6 Å². The number of ether oxygens (including phenoxy) is 1. The lowest BCUT2D eigenvalue weighted by atomic mass is 9.95. The fourth-order valence-electron chi connectivity index (χ4n) is 1.73. The lowest BCUT2D eigenvalue weighted by molar-refractivity contribution is 0.0125. The fraction of sp³-hybridized carbons (Fsp3) is 0.571. The average molecular weight is 274 g/mol. The molecule has 2 N–H and O–H groups in total. The number of nitrogens with two attached hydrogens (primary N) is 1. The first-order valence-electron chi connectivity index (χ1n) is 6.09. The van der Waals surface area contributed by atoms with Gasteiger partial charge in [0, 0.05) is 23.7 Å². The van der Waals surface area contributed by atoms with Gasteiger partial charge in [0.2, 0.25) is 0 Å². The standard InChI is InChI=1S/C14H21ClFNO/c1-14(2,18-3)8-7-10(17)9-11-12(15)5-4-6-13(11)16/h4-6,10H,7-9,17H2,1-3H3. The summed E-state index contributed by atoms with van der Waals surface area (Å²) in [6.45, 7) is 4.02. The first kappa shape index (κ1) is 15.4. The number of methoxy groups -OCH3 is 1. The van der Waals surface area contributed by atoms with Crippen LogP contribution in [0.4, 0.5) is 4.39 Å². The summed E-state index contributed by atoms with van der Waals surface area (Å²) < 4.78 is 18.9. The van der Waals surface area contributed by atoms with Crippen molar-refractivity contribution in [3.63, 3.8) is 0 Å². The Morgan fingerprint density at radius 2 is 2.11 bits per heavy atom. The molecule has 0 saturated heterocycles. The van der Waals surface area contributed by atoms with Gasteiger partial charge in [-0.25, -0.2) is 4.39 Å². The minimum absolute atomic E-state index is 0.117. The summed E-state index contributed by atoms with van der Waals surface area (Å²) in [6, 6.07) is 4.58. The van der Waals surface area contributed by atoms with E-state index in [1.165, 1.54) is 6.07 Å². The molecule has 0 amide bonds. The number of benzene rings is 1. The molecule has 0 aliphatic heterocycles. The Hall–Kier alpha value is -0.640. The van der Waals surface area contributed by atoms with Crippen molar-refractivity contribution in [1.82, 2.24) is 0 Å². The molecule has 1 rings (SSSR count). The molecule has 0 aliphatic rings. The maximum Gasteiger partial charge on any atom is 0.127 e. The summed E-state index contributed by atoms with van der Waals surface area (Å²) in [5.74, 6) is -0.288. The smallest absolute Gasteiger partial charge is 0.127 e. The molecular formula is C14H21ClFNO. The predicted molar refractivity (Wildman–Crippen MR) is 73.4 cm³/mol. The minimum Gasteiger partial charge on any atom is -0.379 e. The van der Waals surface area contributed by atoms with E-state index in [1.807, 2.05) is 13.8 Å². The van der Waals surface area contributed by atoms with Gasteiger partial charge < -0.3 is 10.5 Å². The van der Waals surface area contributed by atoms with E-state index in [1.54, 1.807) is 19.2 Å². The Balaban J connectivity index is 2.57. The molecule has 0 saturated carbocycles. The highest BCUT2D eigenvalue weighted by molar-refractivity contribution is 6.31. The van der Waals surface area contributed by atoms with E-state index in [4.69, 9.17) is 22.1 Å². The molecule has 2 nitrogen and oxygen atoms in total. The van der Waals surface area contributed by atoms with Crippen molar-refractivity contribution >= 4 is 11.6 Å². The van der Waals surface area contributed by atoms with Crippen LogP contribution in [-0.2, 0) is 11.2 Å². The molecule has 1 atom stereocenters. The van der Waals surface area contributed by atoms with Gasteiger partial charge in [0.1, 0.15) is 5.82 Å². The van der Waals surface area contributed by atoms with Gasteiger partial charge in [-0.2, -0.15) is 0 Å². The van der Waals surface area contributed by atoms with Gasteiger partial charge >= 0.3 is 0 Å². The van der Waals surface area contributed by atoms with Crippen LogP contribution in [-0.4, -0.2) is 18.8 Å². The second-order valence-electron chi connectivity index (χ2n) is 5.17. The highest BCUT2D eigenvalue weighted by atomic mass is 35.5. The molecule has 102 valence electrons. The van der Waals surface area contributed by atoms with Crippen LogP contribution in [0.5, 0.6) is 0 Å². The van der Waals surface area contributed by atoms with Gasteiger partial charge in [-0.05, 0) is 45.2 Å². The van der Waals surface area contributed by atoms with Gasteiger partial charge in [0.25, 0.3) is 0 Å². The normalized spacial score (nSPS) is 13.7. The van der Waals surface area contributed by atoms with Gasteiger partial charge in [0.05, 0.1) is 5.60 Å². The van der Waals surface area contributed by atoms with Crippen LogP contribution < -0.4 is 5.73 Å². The van der Waals surface area contributed by atoms with Crippen molar-refractivity contribution in [2.75, 3.05) is 7.11 Å². The maximum atomic E-state index is 13.6. The summed E-state index contributed by atoms with van der Waals surface area (Å²) >= 11 is 5.97. The van der Waals surface area contributed by atoms with E-state index in [2.05, 4.69) is 0 Å². The molecule has 0 radical (unpaired) electrons. The lowest BCUT2D eigenvalue weighted by Gasteiger charge is -2.24. The third-order valence-electron chi connectivity index (χ3n) is 3.20. The highest BCUT2D eigenvalue weighted by Crippen LogP contribution is 2.22. The first-order valence-corrected chi connectivity index (χ1v) is 6.47. The fourth-order valence-corrected chi connectivity index (χ4v) is 1.97. The number of hydrogen-bond donors (Lipinski definition) is 1. The van der Waals surface area contributed by atoms with Crippen molar-refractivity contribution < 1.29 is 9.13 Å². The number of halogens is 2. The Labute approximate surface area is 113 Å². The average Bonchev–Trinajstić information content (AvgIpc) is 2.32. The van der Waals surface area contributed by atoms with Gasteiger partial charge in [-0.3, -0.25) is 0 Å². The largest absolute Gasteiger partial charge is 0.379 e. The van der Waals surface area contributed by atoms with Gasteiger partial charge in [-0.1, -0.05) is 17.7 Å².